The van der Waals surface area contributed by atoms with Crippen LogP contribution in [0.15, 0.2) is 48.8 Å². The van der Waals surface area contributed by atoms with Crippen LogP contribution in [0.1, 0.15) is 16.7 Å². The monoisotopic (exact) mass is 418 g/mol. The fourth-order valence-corrected chi connectivity index (χ4v) is 3.32. The number of rotatable bonds is 10. The summed E-state index contributed by atoms with van der Waals surface area (Å²) in [6.45, 7) is -0.505. The smallest absolute Gasteiger partial charge is 0.239 e. The molecule has 2 amide bonds. The third kappa shape index (κ3) is 8.07. The first kappa shape index (κ1) is 22.0. The Morgan fingerprint density at radius 1 is 0.931 bits per heavy atom. The molecule has 0 unspecified atom stereocenters. The molecule has 0 saturated carbocycles. The molecule has 29 heavy (non-hydrogen) atoms. The third-order valence-corrected chi connectivity index (χ3v) is 5.06. The summed E-state index contributed by atoms with van der Waals surface area (Å²) in [5, 5.41) is 12.3. The van der Waals surface area contributed by atoms with E-state index in [-0.39, 0.29) is 24.7 Å². The fraction of sp³-hybridized carbons (Fsp3) is 0.222. The Labute approximate surface area is 168 Å². The van der Waals surface area contributed by atoms with E-state index < -0.39 is 28.4 Å². The lowest BCUT2D eigenvalue weighted by Crippen LogP contribution is -2.42. The van der Waals surface area contributed by atoms with Gasteiger partial charge in [0.15, 0.2) is 0 Å². The number of carbonyl (C=O) groups is 2. The lowest BCUT2D eigenvalue weighted by Gasteiger charge is -2.09. The average molecular weight is 418 g/mol. The molecule has 6 N–H and O–H groups in total. The van der Waals surface area contributed by atoms with Crippen LogP contribution in [0.5, 0.6) is 0 Å². The summed E-state index contributed by atoms with van der Waals surface area (Å²) in [7, 11) is -3.69. The van der Waals surface area contributed by atoms with Gasteiger partial charge in [0.1, 0.15) is 5.84 Å². The number of hydrogen-bond acceptors (Lipinski definition) is 6. The molecule has 1 aromatic heterocycles. The second-order valence-electron chi connectivity index (χ2n) is 6.10. The zero-order valence-corrected chi connectivity index (χ0v) is 16.3. The Morgan fingerprint density at radius 2 is 1.55 bits per heavy atom. The van der Waals surface area contributed by atoms with E-state index in [1.807, 2.05) is 0 Å². The van der Waals surface area contributed by atoms with Gasteiger partial charge in [0.05, 0.1) is 18.8 Å². The number of nitrogens with zero attached hydrogens (tertiary/aromatic N) is 1. The van der Waals surface area contributed by atoms with Crippen molar-refractivity contribution in [3.05, 3.63) is 65.5 Å². The number of nitrogens with two attached hydrogens (primary N) is 1. The minimum atomic E-state index is -3.69. The highest BCUT2D eigenvalue weighted by molar-refractivity contribution is 7.88. The number of benzene rings is 1. The molecule has 0 aliphatic heterocycles. The zero-order valence-electron chi connectivity index (χ0n) is 15.5. The lowest BCUT2D eigenvalue weighted by atomic mass is 10.1. The van der Waals surface area contributed by atoms with E-state index >= 15 is 0 Å². The van der Waals surface area contributed by atoms with E-state index in [2.05, 4.69) is 20.3 Å². The number of amidine groups is 1. The number of amides is 2. The first-order valence-corrected chi connectivity index (χ1v) is 10.2. The molecule has 1 aromatic carbocycles. The molecule has 11 heteroatoms. The van der Waals surface area contributed by atoms with Crippen molar-refractivity contribution < 1.29 is 18.0 Å². The molecule has 2 rings (SSSR count). The molecular formula is C18H22N6O4S. The zero-order chi connectivity index (χ0) is 21.3. The summed E-state index contributed by atoms with van der Waals surface area (Å²) >= 11 is 0. The van der Waals surface area contributed by atoms with Gasteiger partial charge >= 0.3 is 0 Å². The number of pyridine rings is 1. The molecule has 1 heterocycles. The number of aromatic nitrogens is 1. The summed E-state index contributed by atoms with van der Waals surface area (Å²) in [5.41, 5.74) is 7.30. The van der Waals surface area contributed by atoms with Crippen molar-refractivity contribution in [3.63, 3.8) is 0 Å². The molecule has 0 radical (unpaired) electrons. The van der Waals surface area contributed by atoms with Gasteiger partial charge in [0.25, 0.3) is 0 Å². The lowest BCUT2D eigenvalue weighted by molar-refractivity contribution is -0.125. The molecule has 0 bridgehead atoms. The Kier molecular flexibility index (Phi) is 7.80. The quantitative estimate of drug-likeness (QED) is 0.250. The summed E-state index contributed by atoms with van der Waals surface area (Å²) in [6, 6.07) is 9.93. The maximum atomic E-state index is 12.0. The van der Waals surface area contributed by atoms with Crippen LogP contribution in [0, 0.1) is 5.41 Å². The van der Waals surface area contributed by atoms with Gasteiger partial charge in [-0.2, -0.15) is 0 Å². The molecule has 10 nitrogen and oxygen atoms in total. The van der Waals surface area contributed by atoms with Crippen molar-refractivity contribution in [2.24, 2.45) is 5.73 Å². The second-order valence-corrected chi connectivity index (χ2v) is 7.91. The number of sulfonamides is 1. The van der Waals surface area contributed by atoms with Crippen molar-refractivity contribution in [2.45, 2.75) is 12.3 Å². The minimum Gasteiger partial charge on any atom is -0.384 e. The molecule has 0 spiro atoms. The first-order valence-electron chi connectivity index (χ1n) is 8.58. The SMILES string of the molecule is N=C(N)c1ccc(CNC(=O)CNC(=O)CNS(=O)(=O)Cc2ccncc2)cc1. The van der Waals surface area contributed by atoms with E-state index in [0.29, 0.717) is 11.1 Å². The molecule has 0 aliphatic rings. The predicted octanol–water partition coefficient (Wildman–Crippen LogP) is -0.782. The van der Waals surface area contributed by atoms with Crippen LogP contribution in [0.3, 0.4) is 0 Å². The van der Waals surface area contributed by atoms with E-state index in [4.69, 9.17) is 11.1 Å². The third-order valence-electron chi connectivity index (χ3n) is 3.76. The maximum absolute atomic E-state index is 12.0. The highest BCUT2D eigenvalue weighted by Gasteiger charge is 2.14. The van der Waals surface area contributed by atoms with Gasteiger partial charge in [0.2, 0.25) is 21.8 Å². The minimum absolute atomic E-state index is 0.0419. The van der Waals surface area contributed by atoms with Crippen molar-refractivity contribution in [1.82, 2.24) is 20.3 Å². The van der Waals surface area contributed by atoms with E-state index in [1.165, 1.54) is 12.4 Å². The molecule has 2 aromatic rings. The molecular weight excluding hydrogens is 396 g/mol. The first-order chi connectivity index (χ1) is 13.7. The largest absolute Gasteiger partial charge is 0.384 e. The summed E-state index contributed by atoms with van der Waals surface area (Å²) in [6.07, 6.45) is 2.96. The molecule has 154 valence electrons. The average Bonchev–Trinajstić information content (AvgIpc) is 2.70. The van der Waals surface area contributed by atoms with Gasteiger partial charge in [-0.25, -0.2) is 13.1 Å². The van der Waals surface area contributed by atoms with Crippen molar-refractivity contribution in [1.29, 1.82) is 5.41 Å². The van der Waals surface area contributed by atoms with Crippen molar-refractivity contribution in [3.8, 4) is 0 Å². The molecule has 0 fully saturated rings. The topological polar surface area (TPSA) is 167 Å². The maximum Gasteiger partial charge on any atom is 0.239 e. The number of hydrogen-bond donors (Lipinski definition) is 5. The van der Waals surface area contributed by atoms with Crippen LogP contribution in [-0.2, 0) is 31.9 Å². The molecule has 0 saturated heterocycles. The van der Waals surface area contributed by atoms with Gasteiger partial charge in [-0.3, -0.25) is 20.0 Å². The van der Waals surface area contributed by atoms with Gasteiger partial charge in [-0.1, -0.05) is 24.3 Å². The Bertz CT molecular complexity index is 962. The van der Waals surface area contributed by atoms with Crippen LogP contribution in [0.4, 0.5) is 0 Å². The van der Waals surface area contributed by atoms with E-state index in [0.717, 1.165) is 5.56 Å². The summed E-state index contributed by atoms with van der Waals surface area (Å²) < 4.78 is 26.1. The van der Waals surface area contributed by atoms with Crippen LogP contribution < -0.4 is 21.1 Å². The van der Waals surface area contributed by atoms with Gasteiger partial charge in [0, 0.05) is 24.5 Å². The normalized spacial score (nSPS) is 10.9. The summed E-state index contributed by atoms with van der Waals surface area (Å²) in [5.74, 6) is -1.36. The number of nitrogens with one attached hydrogen (secondary N) is 4. The Hall–Kier alpha value is -3.31. The summed E-state index contributed by atoms with van der Waals surface area (Å²) in [4.78, 5) is 27.4. The molecule has 0 atom stereocenters. The predicted molar refractivity (Wildman–Crippen MR) is 107 cm³/mol. The molecule has 0 aliphatic carbocycles. The van der Waals surface area contributed by atoms with Crippen LogP contribution >= 0.6 is 0 Å². The van der Waals surface area contributed by atoms with Crippen LogP contribution in [0.25, 0.3) is 0 Å². The second kappa shape index (κ2) is 10.3. The Morgan fingerprint density at radius 3 is 2.17 bits per heavy atom. The number of nitrogen functional groups attached to an aromatic ring is 1. The van der Waals surface area contributed by atoms with Crippen molar-refractivity contribution >= 4 is 27.7 Å². The highest BCUT2D eigenvalue weighted by atomic mass is 32.2. The highest BCUT2D eigenvalue weighted by Crippen LogP contribution is 2.03. The van der Waals surface area contributed by atoms with Gasteiger partial charge in [-0.05, 0) is 23.3 Å². The fourth-order valence-electron chi connectivity index (χ4n) is 2.23. The van der Waals surface area contributed by atoms with Gasteiger partial charge in [-0.15, -0.1) is 0 Å². The van der Waals surface area contributed by atoms with Crippen LogP contribution in [-0.4, -0.2) is 44.1 Å². The Balaban J connectivity index is 1.68. The van der Waals surface area contributed by atoms with Crippen molar-refractivity contribution in [2.75, 3.05) is 13.1 Å². The van der Waals surface area contributed by atoms with Gasteiger partial charge < -0.3 is 16.4 Å². The van der Waals surface area contributed by atoms with E-state index in [9.17, 15) is 18.0 Å². The number of carbonyl (C=O) groups excluding carboxylic acids is 2. The van der Waals surface area contributed by atoms with Crippen LogP contribution in [0.2, 0.25) is 0 Å². The van der Waals surface area contributed by atoms with E-state index in [1.54, 1.807) is 36.4 Å². The standard InChI is InChI=1S/C18H22N6O4S/c19-18(20)15-3-1-13(2-4-15)9-22-16(25)10-23-17(26)11-24-29(27,28)12-14-5-7-21-8-6-14/h1-8,24H,9-12H2,(H3,19,20)(H,22,25)(H,23,26).